The van der Waals surface area contributed by atoms with Crippen LogP contribution in [0.3, 0.4) is 0 Å². The number of nitrogens with zero attached hydrogens (tertiary/aromatic N) is 5. The molecule has 58 heavy (non-hydrogen) atoms. The van der Waals surface area contributed by atoms with Gasteiger partial charge in [0.15, 0.2) is 0 Å². The highest BCUT2D eigenvalue weighted by molar-refractivity contribution is 6.12. The van der Waals surface area contributed by atoms with E-state index in [1.165, 1.54) is 92.6 Å². The molecule has 4 fully saturated rings. The molecule has 0 N–H and O–H groups in total. The van der Waals surface area contributed by atoms with Crippen LogP contribution in [0.2, 0.25) is 0 Å². The topological polar surface area (TPSA) is 48.5 Å². The average molecular weight is 746 g/mol. The number of rotatable bonds is 3. The molecule has 0 aliphatic heterocycles. The van der Waals surface area contributed by atoms with Gasteiger partial charge in [-0.1, -0.05) is 78.9 Å². The summed E-state index contributed by atoms with van der Waals surface area (Å²) in [5.41, 5.74) is 16.3. The molecule has 4 saturated carbocycles. The fourth-order valence-electron chi connectivity index (χ4n) is 13.0. The lowest BCUT2D eigenvalue weighted by molar-refractivity contribution is -0.0399. The van der Waals surface area contributed by atoms with Crippen LogP contribution in [0.5, 0.6) is 0 Å². The van der Waals surface area contributed by atoms with E-state index < -0.39 is 0 Å². The third kappa shape index (κ3) is 4.03. The minimum Gasteiger partial charge on any atom is -0.309 e. The molecule has 15 rings (SSSR count). The second-order valence-electron chi connectivity index (χ2n) is 17.7. The Kier molecular flexibility index (Phi) is 6.13. The molecular weight excluding hydrogens is 707 g/mol. The van der Waals surface area contributed by atoms with E-state index in [4.69, 9.17) is 9.97 Å². The maximum Gasteiger partial charge on any atom is 0.235 e. The molecule has 5 nitrogen and oxygen atoms in total. The van der Waals surface area contributed by atoms with Crippen molar-refractivity contribution in [2.45, 2.75) is 37.5 Å². The number of hydrogen-bond acceptors (Lipinski definition) is 3. The summed E-state index contributed by atoms with van der Waals surface area (Å²) in [6, 6.07) is 52.3. The molecule has 10 aromatic rings. The molecule has 4 aromatic heterocycles. The molecule has 276 valence electrons. The molecule has 0 unspecified atom stereocenters. The van der Waals surface area contributed by atoms with E-state index >= 15 is 0 Å². The van der Waals surface area contributed by atoms with Gasteiger partial charge in [0.25, 0.3) is 0 Å². The summed E-state index contributed by atoms with van der Waals surface area (Å²) in [5, 5.41) is 4.93. The van der Waals surface area contributed by atoms with Crippen LogP contribution in [0.1, 0.15) is 43.2 Å². The lowest BCUT2D eigenvalue weighted by Gasteiger charge is -2.61. The maximum absolute atomic E-state index is 4.95. The predicted molar refractivity (Wildman–Crippen MR) is 235 cm³/mol. The highest BCUT2D eigenvalue weighted by Gasteiger charge is 2.61. The Morgan fingerprint density at radius 1 is 0.466 bits per heavy atom. The first-order chi connectivity index (χ1) is 28.7. The number of hydrogen-bond donors (Lipinski definition) is 0. The molecule has 0 atom stereocenters. The Labute approximate surface area is 335 Å². The maximum atomic E-state index is 4.95. The second-order valence-corrected chi connectivity index (χ2v) is 17.7. The zero-order valence-electron chi connectivity index (χ0n) is 32.0. The first-order valence-corrected chi connectivity index (χ1v) is 21.1. The van der Waals surface area contributed by atoms with E-state index in [1.807, 2.05) is 18.3 Å². The molecule has 5 aliphatic rings. The van der Waals surface area contributed by atoms with Crippen molar-refractivity contribution in [1.82, 2.24) is 24.1 Å². The van der Waals surface area contributed by atoms with Gasteiger partial charge in [-0.25, -0.2) is 9.97 Å². The van der Waals surface area contributed by atoms with Gasteiger partial charge in [-0.3, -0.25) is 9.55 Å². The summed E-state index contributed by atoms with van der Waals surface area (Å²) in [5.74, 6) is 3.99. The number of benzene rings is 6. The molecule has 1 spiro atoms. The third-order valence-electron chi connectivity index (χ3n) is 15.0. The number of fused-ring (bicyclic) bond motifs is 10. The molecule has 5 aliphatic carbocycles. The molecule has 4 bridgehead atoms. The largest absolute Gasteiger partial charge is 0.309 e. The van der Waals surface area contributed by atoms with E-state index in [0.717, 1.165) is 45.7 Å². The smallest absolute Gasteiger partial charge is 0.235 e. The van der Waals surface area contributed by atoms with Crippen LogP contribution in [0.4, 0.5) is 0 Å². The summed E-state index contributed by atoms with van der Waals surface area (Å²) >= 11 is 0. The van der Waals surface area contributed by atoms with Gasteiger partial charge in [-0.05, 0) is 150 Å². The van der Waals surface area contributed by atoms with Crippen LogP contribution < -0.4 is 0 Å². The van der Waals surface area contributed by atoms with E-state index in [1.54, 1.807) is 17.3 Å². The molecule has 0 radical (unpaired) electrons. The Balaban J connectivity index is 0.929. The Bertz CT molecular complexity index is 3360. The van der Waals surface area contributed by atoms with Gasteiger partial charge in [-0.2, -0.15) is 0 Å². The van der Waals surface area contributed by atoms with Crippen LogP contribution in [-0.4, -0.2) is 24.1 Å². The lowest BCUT2D eigenvalue weighted by Crippen LogP contribution is -2.55. The van der Waals surface area contributed by atoms with Crippen LogP contribution in [0.25, 0.3) is 88.5 Å². The minimum absolute atomic E-state index is 0.140. The van der Waals surface area contributed by atoms with Crippen molar-refractivity contribution in [3.8, 4) is 33.9 Å². The zero-order chi connectivity index (χ0) is 37.7. The van der Waals surface area contributed by atoms with Crippen LogP contribution in [0.15, 0.2) is 152 Å². The van der Waals surface area contributed by atoms with Crippen molar-refractivity contribution in [2.24, 2.45) is 23.7 Å². The Morgan fingerprint density at radius 3 is 1.83 bits per heavy atom. The first kappa shape index (κ1) is 31.5. The molecule has 6 aromatic carbocycles. The van der Waals surface area contributed by atoms with Gasteiger partial charge in [0.05, 0.1) is 33.8 Å². The minimum atomic E-state index is 0.140. The molecule has 5 heteroatoms. The van der Waals surface area contributed by atoms with E-state index in [0.29, 0.717) is 5.95 Å². The van der Waals surface area contributed by atoms with Gasteiger partial charge >= 0.3 is 0 Å². The molecule has 0 saturated heterocycles. The standard InChI is InChI=1S/C53H39N5/c1-4-11-44-38(8-1)39-18-17-37(29-45(39)53(44)35-23-31-22-32(25-35)26-36(53)24-31)57-48-13-5-2-9-40(48)42-27-33(15-19-50(42)57)34-16-20-51-43(28-34)41-10-3-6-14-49(41)58(51)52-55-30-47-46(56-52)12-7-21-54-47/h1-21,27-32,35-36H,22-26H2. The molecule has 4 heterocycles. The second kappa shape index (κ2) is 11.3. The normalized spacial score (nSPS) is 22.9. The van der Waals surface area contributed by atoms with Crippen molar-refractivity contribution in [1.29, 1.82) is 0 Å². The fraction of sp³-hybridized carbons (Fsp3) is 0.189. The number of para-hydroxylation sites is 2. The van der Waals surface area contributed by atoms with Crippen LogP contribution >= 0.6 is 0 Å². The SMILES string of the molecule is c1ccc2c(c1)-c1ccc(-n3c4ccccc4c4cc(-c5ccc6c(c5)c5ccccc5n6-c5ncc6ncccc6n5)ccc43)cc1C21C2CC3CC(C2)CC1C3. The van der Waals surface area contributed by atoms with Gasteiger partial charge in [0.2, 0.25) is 5.95 Å². The molecular formula is C53H39N5. The lowest BCUT2D eigenvalue weighted by atomic mass is 9.43. The summed E-state index contributed by atoms with van der Waals surface area (Å²) in [4.78, 5) is 14.2. The highest BCUT2D eigenvalue weighted by Crippen LogP contribution is 2.69. The zero-order valence-corrected chi connectivity index (χ0v) is 32.0. The molecule has 0 amide bonds. The van der Waals surface area contributed by atoms with Crippen LogP contribution in [0, 0.1) is 23.7 Å². The van der Waals surface area contributed by atoms with Crippen molar-refractivity contribution in [2.75, 3.05) is 0 Å². The van der Waals surface area contributed by atoms with Crippen molar-refractivity contribution in [3.05, 3.63) is 163 Å². The fourth-order valence-corrected chi connectivity index (χ4v) is 13.0. The predicted octanol–water partition coefficient (Wildman–Crippen LogP) is 12.6. The van der Waals surface area contributed by atoms with E-state index in [2.05, 4.69) is 142 Å². The summed E-state index contributed by atoms with van der Waals surface area (Å²) in [6.07, 6.45) is 10.6. The van der Waals surface area contributed by atoms with E-state index in [9.17, 15) is 0 Å². The number of aromatic nitrogens is 5. The summed E-state index contributed by atoms with van der Waals surface area (Å²) in [7, 11) is 0. The van der Waals surface area contributed by atoms with Crippen molar-refractivity contribution >= 4 is 54.6 Å². The van der Waals surface area contributed by atoms with Gasteiger partial charge in [0, 0.05) is 38.8 Å². The van der Waals surface area contributed by atoms with Gasteiger partial charge in [0.1, 0.15) is 5.52 Å². The summed E-state index contributed by atoms with van der Waals surface area (Å²) in [6.45, 7) is 0. The van der Waals surface area contributed by atoms with Gasteiger partial charge < -0.3 is 4.57 Å². The monoisotopic (exact) mass is 745 g/mol. The quantitative estimate of drug-likeness (QED) is 0.181. The van der Waals surface area contributed by atoms with E-state index in [-0.39, 0.29) is 5.41 Å². The average Bonchev–Trinajstić information content (AvgIpc) is 3.89. The summed E-state index contributed by atoms with van der Waals surface area (Å²) < 4.78 is 4.72. The Morgan fingerprint density at radius 2 is 1.09 bits per heavy atom. The number of pyridine rings is 1. The third-order valence-corrected chi connectivity index (χ3v) is 15.0. The van der Waals surface area contributed by atoms with Gasteiger partial charge in [-0.15, -0.1) is 0 Å². The first-order valence-electron chi connectivity index (χ1n) is 21.1. The van der Waals surface area contributed by atoms with Crippen LogP contribution in [-0.2, 0) is 5.41 Å². The van der Waals surface area contributed by atoms with Crippen molar-refractivity contribution in [3.63, 3.8) is 0 Å². The highest BCUT2D eigenvalue weighted by atomic mass is 15.2. The Hall–Kier alpha value is -6.59. The van der Waals surface area contributed by atoms with Crippen molar-refractivity contribution < 1.29 is 0 Å².